The highest BCUT2D eigenvalue weighted by atomic mass is 19.4. The number of hydrogen-bond donors (Lipinski definition) is 1. The van der Waals surface area contributed by atoms with E-state index in [1.54, 1.807) is 19.1 Å². The number of aryl methyl sites for hydroxylation is 1. The molecule has 0 amide bonds. The van der Waals surface area contributed by atoms with Crippen molar-refractivity contribution in [2.24, 2.45) is 5.92 Å². The van der Waals surface area contributed by atoms with Crippen molar-refractivity contribution in [1.82, 2.24) is 4.90 Å². The maximum absolute atomic E-state index is 12.3. The number of alkyl halides is 3. The number of para-hydroxylation sites is 1. The number of rotatable bonds is 5. The van der Waals surface area contributed by atoms with Crippen molar-refractivity contribution in [3.63, 3.8) is 0 Å². The van der Waals surface area contributed by atoms with Gasteiger partial charge in [0.2, 0.25) is 0 Å². The van der Waals surface area contributed by atoms with E-state index in [-0.39, 0.29) is 11.6 Å². The fraction of sp³-hybridized carbons (Fsp3) is 0.571. The summed E-state index contributed by atoms with van der Waals surface area (Å²) in [5, 5.41) is 14.0. The molecule has 1 heterocycles. The topological polar surface area (TPSA) is 58.4 Å². The fourth-order valence-corrected chi connectivity index (χ4v) is 2.76. The summed E-state index contributed by atoms with van der Waals surface area (Å²) in [7, 11) is 0. The van der Waals surface area contributed by atoms with Gasteiger partial charge in [-0.05, 0) is 31.4 Å². The summed E-state index contributed by atoms with van der Waals surface area (Å²) in [5.41, 5.74) is 1.19. The molecule has 122 valence electrons. The van der Waals surface area contributed by atoms with Crippen LogP contribution in [0.25, 0.3) is 0 Å². The average Bonchev–Trinajstić information content (AvgIpc) is 2.82. The molecule has 1 aliphatic rings. The zero-order chi connectivity index (χ0) is 16.3. The van der Waals surface area contributed by atoms with Gasteiger partial charge >= 0.3 is 6.18 Å². The highest BCUT2D eigenvalue weighted by Gasteiger charge is 2.34. The molecule has 1 aliphatic heterocycles. The van der Waals surface area contributed by atoms with Crippen molar-refractivity contribution in [3.05, 3.63) is 33.9 Å². The number of nitrogens with one attached hydrogen (secondary N) is 1. The molecule has 0 radical (unpaired) electrons. The van der Waals surface area contributed by atoms with Crippen molar-refractivity contribution in [2.45, 2.75) is 19.5 Å². The van der Waals surface area contributed by atoms with Gasteiger partial charge < -0.3 is 5.32 Å². The Labute approximate surface area is 126 Å². The van der Waals surface area contributed by atoms with E-state index in [4.69, 9.17) is 0 Å². The quantitative estimate of drug-likeness (QED) is 0.669. The fourth-order valence-electron chi connectivity index (χ4n) is 2.76. The average molecular weight is 317 g/mol. The van der Waals surface area contributed by atoms with Gasteiger partial charge in [-0.1, -0.05) is 12.1 Å². The van der Waals surface area contributed by atoms with Crippen LogP contribution >= 0.6 is 0 Å². The zero-order valence-electron chi connectivity index (χ0n) is 12.2. The maximum Gasteiger partial charge on any atom is 0.401 e. The molecule has 5 nitrogen and oxygen atoms in total. The van der Waals surface area contributed by atoms with Crippen LogP contribution in [0.4, 0.5) is 24.5 Å². The largest absolute Gasteiger partial charge is 0.401 e. The first-order chi connectivity index (χ1) is 10.3. The van der Waals surface area contributed by atoms with Gasteiger partial charge in [0.25, 0.3) is 5.69 Å². The number of anilines is 1. The molecule has 0 aromatic heterocycles. The van der Waals surface area contributed by atoms with Gasteiger partial charge in [0.1, 0.15) is 5.69 Å². The standard InChI is InChI=1S/C14H18F3N3O2/c1-10-3-2-4-12(20(21)22)13(10)18-7-11-5-6-19(8-11)9-14(15,16)17/h2-4,11,18H,5-9H2,1H3. The molecule has 8 heteroatoms. The molecule has 1 fully saturated rings. The third-order valence-electron chi connectivity index (χ3n) is 3.79. The summed E-state index contributed by atoms with van der Waals surface area (Å²) in [6.45, 7) is 2.06. The predicted octanol–water partition coefficient (Wildman–Crippen LogP) is 3.20. The molecule has 1 N–H and O–H groups in total. The summed E-state index contributed by atoms with van der Waals surface area (Å²) >= 11 is 0. The van der Waals surface area contributed by atoms with Gasteiger partial charge in [-0.15, -0.1) is 0 Å². The van der Waals surface area contributed by atoms with Crippen LogP contribution in [0, 0.1) is 23.0 Å². The Morgan fingerprint density at radius 1 is 1.45 bits per heavy atom. The predicted molar refractivity (Wildman–Crippen MR) is 76.9 cm³/mol. The highest BCUT2D eigenvalue weighted by molar-refractivity contribution is 5.65. The Balaban J connectivity index is 1.94. The highest BCUT2D eigenvalue weighted by Crippen LogP contribution is 2.29. The second-order valence-corrected chi connectivity index (χ2v) is 5.61. The van der Waals surface area contributed by atoms with Crippen molar-refractivity contribution >= 4 is 11.4 Å². The van der Waals surface area contributed by atoms with Crippen LogP contribution in [0.5, 0.6) is 0 Å². The molecule has 22 heavy (non-hydrogen) atoms. The smallest absolute Gasteiger partial charge is 0.379 e. The van der Waals surface area contributed by atoms with E-state index < -0.39 is 17.6 Å². The number of nitrogens with zero attached hydrogens (tertiary/aromatic N) is 2. The monoisotopic (exact) mass is 317 g/mol. The number of halogens is 3. The first-order valence-corrected chi connectivity index (χ1v) is 7.03. The molecule has 1 saturated heterocycles. The minimum absolute atomic E-state index is 0.00913. The molecule has 0 spiro atoms. The third kappa shape index (κ3) is 4.33. The van der Waals surface area contributed by atoms with Crippen LogP contribution in [0.2, 0.25) is 0 Å². The molecule has 1 aromatic carbocycles. The van der Waals surface area contributed by atoms with Crippen LogP contribution < -0.4 is 5.32 Å². The third-order valence-corrected chi connectivity index (χ3v) is 3.79. The van der Waals surface area contributed by atoms with E-state index in [1.807, 2.05) is 0 Å². The molecule has 0 aliphatic carbocycles. The zero-order valence-corrected chi connectivity index (χ0v) is 12.2. The summed E-state index contributed by atoms with van der Waals surface area (Å²) in [4.78, 5) is 11.9. The lowest BCUT2D eigenvalue weighted by Crippen LogP contribution is -2.33. The normalized spacial score (nSPS) is 19.4. The summed E-state index contributed by atoms with van der Waals surface area (Å²) in [5.74, 6) is 0.0570. The van der Waals surface area contributed by atoms with Crippen molar-refractivity contribution in [1.29, 1.82) is 0 Å². The second kappa shape index (κ2) is 6.51. The van der Waals surface area contributed by atoms with Gasteiger partial charge in [-0.25, -0.2) is 0 Å². The van der Waals surface area contributed by atoms with E-state index in [9.17, 15) is 23.3 Å². The molecule has 0 saturated carbocycles. The molecular formula is C14H18F3N3O2. The van der Waals surface area contributed by atoms with Crippen molar-refractivity contribution in [3.8, 4) is 0 Å². The maximum atomic E-state index is 12.3. The SMILES string of the molecule is Cc1cccc([N+](=O)[O-])c1NCC1CCN(CC(F)(F)F)C1. The molecule has 1 atom stereocenters. The Hall–Kier alpha value is -1.83. The van der Waals surface area contributed by atoms with Crippen molar-refractivity contribution < 1.29 is 18.1 Å². The van der Waals surface area contributed by atoms with Gasteiger partial charge in [0.15, 0.2) is 0 Å². The Kier molecular flexibility index (Phi) is 4.90. The lowest BCUT2D eigenvalue weighted by Gasteiger charge is -2.18. The summed E-state index contributed by atoms with van der Waals surface area (Å²) in [6.07, 6.45) is -3.53. The number of nitro benzene ring substituents is 1. The number of benzene rings is 1. The first-order valence-electron chi connectivity index (χ1n) is 7.03. The van der Waals surface area contributed by atoms with Crippen LogP contribution in [0.1, 0.15) is 12.0 Å². The minimum Gasteiger partial charge on any atom is -0.379 e. The van der Waals surface area contributed by atoms with E-state index >= 15 is 0 Å². The lowest BCUT2D eigenvalue weighted by molar-refractivity contribution is -0.384. The Morgan fingerprint density at radius 3 is 2.82 bits per heavy atom. The van der Waals surface area contributed by atoms with Crippen LogP contribution in [0.15, 0.2) is 18.2 Å². The van der Waals surface area contributed by atoms with Crippen LogP contribution in [-0.2, 0) is 0 Å². The molecule has 1 aromatic rings. The number of hydrogen-bond acceptors (Lipinski definition) is 4. The molecule has 2 rings (SSSR count). The summed E-state index contributed by atoms with van der Waals surface area (Å²) in [6, 6.07) is 4.79. The molecule has 1 unspecified atom stereocenters. The van der Waals surface area contributed by atoms with Gasteiger partial charge in [0, 0.05) is 19.2 Å². The van der Waals surface area contributed by atoms with Gasteiger partial charge in [-0.2, -0.15) is 13.2 Å². The second-order valence-electron chi connectivity index (χ2n) is 5.61. The number of likely N-dealkylation sites (tertiary alicyclic amines) is 1. The first kappa shape index (κ1) is 16.5. The molecular weight excluding hydrogens is 299 g/mol. The van der Waals surface area contributed by atoms with E-state index in [0.29, 0.717) is 31.7 Å². The lowest BCUT2D eigenvalue weighted by atomic mass is 10.1. The van der Waals surface area contributed by atoms with Crippen molar-refractivity contribution in [2.75, 3.05) is 31.5 Å². The van der Waals surface area contributed by atoms with Gasteiger partial charge in [0.05, 0.1) is 11.5 Å². The van der Waals surface area contributed by atoms with E-state index in [2.05, 4.69) is 5.32 Å². The Bertz CT molecular complexity index is 549. The van der Waals surface area contributed by atoms with E-state index in [1.165, 1.54) is 11.0 Å². The summed E-state index contributed by atoms with van der Waals surface area (Å²) < 4.78 is 37.0. The minimum atomic E-state index is -4.18. The van der Waals surface area contributed by atoms with Crippen LogP contribution in [-0.4, -0.2) is 42.2 Å². The van der Waals surface area contributed by atoms with Gasteiger partial charge in [-0.3, -0.25) is 15.0 Å². The Morgan fingerprint density at radius 2 is 2.18 bits per heavy atom. The van der Waals surface area contributed by atoms with Crippen LogP contribution in [0.3, 0.4) is 0 Å². The number of nitro groups is 1. The molecule has 0 bridgehead atoms. The van der Waals surface area contributed by atoms with E-state index in [0.717, 1.165) is 5.56 Å².